The highest BCUT2D eigenvalue weighted by atomic mass is 32.2. The fraction of sp³-hybridized carbons (Fsp3) is 0.364. The highest BCUT2D eigenvalue weighted by Crippen LogP contribution is 2.24. The van der Waals surface area contributed by atoms with Crippen LogP contribution >= 0.6 is 11.8 Å². The van der Waals surface area contributed by atoms with Gasteiger partial charge in [-0.2, -0.15) is 18.9 Å². The molecule has 14 heteroatoms. The van der Waals surface area contributed by atoms with Gasteiger partial charge in [0, 0.05) is 44.5 Å². The second kappa shape index (κ2) is 11.7. The Labute approximate surface area is 210 Å². The van der Waals surface area contributed by atoms with Crippen LogP contribution in [0, 0.1) is 30.8 Å². The quantitative estimate of drug-likeness (QED) is 0.185. The van der Waals surface area contributed by atoms with E-state index in [0.717, 1.165) is 49.7 Å². The molecule has 0 aliphatic carbocycles. The summed E-state index contributed by atoms with van der Waals surface area (Å²) in [6, 6.07) is 3.79. The number of thioether (sulfide) groups is 1. The molecule has 3 aromatic rings. The molecule has 36 heavy (non-hydrogen) atoms. The van der Waals surface area contributed by atoms with Crippen LogP contribution in [-0.2, 0) is 0 Å². The Morgan fingerprint density at radius 1 is 1.17 bits per heavy atom. The summed E-state index contributed by atoms with van der Waals surface area (Å²) in [7, 11) is 2.09. The molecular weight excluding hydrogens is 490 g/mol. The van der Waals surface area contributed by atoms with Crippen molar-refractivity contribution in [2.75, 3.05) is 55.7 Å². The average molecular weight is 515 g/mol. The number of aromatic nitrogens is 6. The number of nitrogens with zero attached hydrogens (tertiary/aromatic N) is 7. The number of anilines is 3. The lowest BCUT2D eigenvalue weighted by atomic mass is 10.3. The Morgan fingerprint density at radius 3 is 2.69 bits per heavy atom. The molecule has 1 amide bonds. The molecule has 1 saturated heterocycles. The van der Waals surface area contributed by atoms with Gasteiger partial charge >= 0.3 is 6.08 Å². The van der Waals surface area contributed by atoms with Gasteiger partial charge in [-0.3, -0.25) is 9.89 Å². The van der Waals surface area contributed by atoms with Gasteiger partial charge in [-0.25, -0.2) is 15.0 Å². The summed E-state index contributed by atoms with van der Waals surface area (Å²) in [5.74, 6) is 6.26. The molecule has 0 saturated carbocycles. The second-order valence-corrected chi connectivity index (χ2v) is 8.84. The summed E-state index contributed by atoms with van der Waals surface area (Å²) in [6.07, 6.45) is -0.449. The van der Waals surface area contributed by atoms with Crippen LogP contribution in [0.25, 0.3) is 0 Å². The molecule has 1 fully saturated rings. The fourth-order valence-corrected chi connectivity index (χ4v) is 3.91. The van der Waals surface area contributed by atoms with E-state index in [0.29, 0.717) is 16.7 Å². The molecular formula is C22H24F2N10OS. The topological polar surface area (TPSA) is 128 Å². The standard InChI is InChI=1S/C22H24F2N10OS/c1-14-11-17(32-31-14)27-16-12-18(34-8-6-33(2)7-9-34)29-22(28-16)36-10-4-3-5-25-20(35)15-13-26-21(24)30-19(15)23/h11-13H,5-10H2,1-2H3,(H,25,35)(H2,27,28,29,31,32). The molecule has 3 N–H and O–H groups in total. The van der Waals surface area contributed by atoms with Gasteiger partial charge in [-0.1, -0.05) is 23.6 Å². The highest BCUT2D eigenvalue weighted by molar-refractivity contribution is 7.99. The van der Waals surface area contributed by atoms with Crippen molar-refractivity contribution in [1.82, 2.24) is 40.3 Å². The van der Waals surface area contributed by atoms with E-state index in [9.17, 15) is 13.6 Å². The van der Waals surface area contributed by atoms with Crippen LogP contribution < -0.4 is 15.5 Å². The zero-order valence-electron chi connectivity index (χ0n) is 19.7. The van der Waals surface area contributed by atoms with E-state index in [1.54, 1.807) is 0 Å². The SMILES string of the molecule is Cc1cc(Nc2cc(N3CCN(C)CC3)nc(SCC#CCNC(=O)c3cnc(F)nc3F)n2)[nH]n1. The lowest BCUT2D eigenvalue weighted by molar-refractivity contribution is 0.0953. The summed E-state index contributed by atoms with van der Waals surface area (Å²) in [4.78, 5) is 31.8. The summed E-state index contributed by atoms with van der Waals surface area (Å²) < 4.78 is 26.3. The number of piperazine rings is 1. The van der Waals surface area contributed by atoms with Crippen molar-refractivity contribution < 1.29 is 13.6 Å². The number of hydrogen-bond acceptors (Lipinski definition) is 10. The van der Waals surface area contributed by atoms with Crippen LogP contribution in [0.1, 0.15) is 16.1 Å². The van der Waals surface area contributed by atoms with Crippen LogP contribution in [0.2, 0.25) is 0 Å². The first kappa shape index (κ1) is 25.3. The Hall–Kier alpha value is -3.83. The minimum absolute atomic E-state index is 0.0234. The predicted molar refractivity (Wildman–Crippen MR) is 131 cm³/mol. The maximum atomic E-state index is 13.6. The Morgan fingerprint density at radius 2 is 1.97 bits per heavy atom. The molecule has 0 spiro atoms. The first-order valence-corrected chi connectivity index (χ1v) is 12.0. The Bertz CT molecular complexity index is 1280. The van der Waals surface area contributed by atoms with Crippen LogP contribution in [0.5, 0.6) is 0 Å². The molecule has 0 atom stereocenters. The number of halogens is 2. The monoisotopic (exact) mass is 514 g/mol. The zero-order valence-corrected chi connectivity index (χ0v) is 20.5. The van der Waals surface area contributed by atoms with Gasteiger partial charge in [0.15, 0.2) is 5.16 Å². The summed E-state index contributed by atoms with van der Waals surface area (Å²) in [6.45, 7) is 5.48. The molecule has 0 radical (unpaired) electrons. The van der Waals surface area contributed by atoms with E-state index in [1.165, 1.54) is 11.8 Å². The lowest BCUT2D eigenvalue weighted by Gasteiger charge is -2.33. The van der Waals surface area contributed by atoms with Crippen molar-refractivity contribution in [2.24, 2.45) is 0 Å². The minimum atomic E-state index is -1.24. The van der Waals surface area contributed by atoms with Gasteiger partial charge in [-0.15, -0.1) is 0 Å². The number of rotatable bonds is 7. The normalized spacial score (nSPS) is 13.7. The molecule has 1 aliphatic heterocycles. The van der Waals surface area contributed by atoms with E-state index in [1.807, 2.05) is 19.1 Å². The van der Waals surface area contributed by atoms with Crippen molar-refractivity contribution in [1.29, 1.82) is 0 Å². The number of aromatic amines is 1. The summed E-state index contributed by atoms with van der Waals surface area (Å²) in [5.41, 5.74) is 0.409. The molecule has 0 bridgehead atoms. The molecule has 0 unspecified atom stereocenters. The second-order valence-electron chi connectivity index (χ2n) is 7.90. The summed E-state index contributed by atoms with van der Waals surface area (Å²) >= 11 is 1.36. The van der Waals surface area contributed by atoms with Crippen LogP contribution in [-0.4, -0.2) is 86.5 Å². The van der Waals surface area contributed by atoms with E-state index in [4.69, 9.17) is 4.98 Å². The molecule has 0 aromatic carbocycles. The maximum Gasteiger partial charge on any atom is 0.311 e. The van der Waals surface area contributed by atoms with E-state index in [-0.39, 0.29) is 6.54 Å². The molecule has 11 nitrogen and oxygen atoms in total. The number of amides is 1. The molecule has 188 valence electrons. The van der Waals surface area contributed by atoms with Crippen molar-refractivity contribution in [3.05, 3.63) is 41.6 Å². The largest absolute Gasteiger partial charge is 0.354 e. The Balaban J connectivity index is 1.37. The van der Waals surface area contributed by atoms with Gasteiger partial charge in [0.05, 0.1) is 18.0 Å². The third kappa shape index (κ3) is 6.86. The van der Waals surface area contributed by atoms with Gasteiger partial charge in [0.2, 0.25) is 5.95 Å². The number of carbonyl (C=O) groups is 1. The number of carbonyl (C=O) groups excluding carboxylic acids is 1. The molecule has 4 heterocycles. The first-order valence-electron chi connectivity index (χ1n) is 11.0. The third-order valence-corrected chi connectivity index (χ3v) is 5.91. The van der Waals surface area contributed by atoms with Crippen LogP contribution in [0.15, 0.2) is 23.5 Å². The van der Waals surface area contributed by atoms with Crippen LogP contribution in [0.4, 0.5) is 26.2 Å². The van der Waals surface area contributed by atoms with Crippen molar-refractivity contribution >= 4 is 35.1 Å². The number of likely N-dealkylation sites (N-methyl/N-ethyl adjacent to an activating group) is 1. The lowest BCUT2D eigenvalue weighted by Crippen LogP contribution is -2.44. The molecule has 3 aromatic heterocycles. The smallest absolute Gasteiger partial charge is 0.311 e. The maximum absolute atomic E-state index is 13.6. The van der Waals surface area contributed by atoms with Gasteiger partial charge in [0.25, 0.3) is 5.91 Å². The summed E-state index contributed by atoms with van der Waals surface area (Å²) in [5, 5.41) is 13.3. The zero-order chi connectivity index (χ0) is 25.5. The third-order valence-electron chi connectivity index (χ3n) is 5.18. The van der Waals surface area contributed by atoms with E-state index in [2.05, 4.69) is 64.5 Å². The number of nitrogens with one attached hydrogen (secondary N) is 3. The molecule has 1 aliphatic rings. The van der Waals surface area contributed by atoms with Crippen LogP contribution in [0.3, 0.4) is 0 Å². The van der Waals surface area contributed by atoms with E-state index < -0.39 is 23.5 Å². The number of hydrogen-bond donors (Lipinski definition) is 3. The van der Waals surface area contributed by atoms with Crippen molar-refractivity contribution in [3.63, 3.8) is 0 Å². The number of aryl methyl sites for hydroxylation is 1. The highest BCUT2D eigenvalue weighted by Gasteiger charge is 2.18. The minimum Gasteiger partial charge on any atom is -0.354 e. The fourth-order valence-electron chi connectivity index (χ4n) is 3.29. The van der Waals surface area contributed by atoms with Gasteiger partial charge in [-0.05, 0) is 14.0 Å². The predicted octanol–water partition coefficient (Wildman–Crippen LogP) is 1.60. The first-order chi connectivity index (χ1) is 17.4. The molecule has 4 rings (SSSR count). The van der Waals surface area contributed by atoms with E-state index >= 15 is 0 Å². The van der Waals surface area contributed by atoms with Gasteiger partial charge in [0.1, 0.15) is 23.0 Å². The van der Waals surface area contributed by atoms with Crippen molar-refractivity contribution in [2.45, 2.75) is 12.1 Å². The van der Waals surface area contributed by atoms with Gasteiger partial charge < -0.3 is 20.4 Å². The van der Waals surface area contributed by atoms with Crippen molar-refractivity contribution in [3.8, 4) is 11.8 Å². The average Bonchev–Trinajstić information content (AvgIpc) is 3.25. The Kier molecular flexibility index (Phi) is 8.24. The number of H-pyrrole nitrogens is 1.